The van der Waals surface area contributed by atoms with E-state index < -0.39 is 0 Å². The smallest absolute Gasteiger partial charge is 0.193 e. The Morgan fingerprint density at radius 1 is 1.32 bits per heavy atom. The van der Waals surface area contributed by atoms with Crippen LogP contribution in [0.1, 0.15) is 22.5 Å². The standard InChI is InChI=1S/C19H28N4OS/c1-5-17-15(2)25-18(22-17)11-12-21-19(20-3)23(4)13-14-24-16-9-7-6-8-10-16/h6-10H,5,11-14H2,1-4H3,(H,20,21). The van der Waals surface area contributed by atoms with E-state index in [1.165, 1.54) is 15.6 Å². The molecule has 1 aromatic heterocycles. The maximum absolute atomic E-state index is 5.74. The Bertz CT molecular complexity index is 669. The van der Waals surface area contributed by atoms with Crippen LogP contribution in [0.2, 0.25) is 0 Å². The van der Waals surface area contributed by atoms with Gasteiger partial charge in [-0.3, -0.25) is 4.99 Å². The maximum Gasteiger partial charge on any atom is 0.193 e. The predicted octanol–water partition coefficient (Wildman–Crippen LogP) is 3.14. The molecule has 0 saturated carbocycles. The molecule has 136 valence electrons. The Morgan fingerprint density at radius 2 is 2.08 bits per heavy atom. The SMILES string of the molecule is CCc1nc(CCNC(=NC)N(C)CCOc2ccccc2)sc1C. The van der Waals surface area contributed by atoms with Gasteiger partial charge in [0.25, 0.3) is 0 Å². The van der Waals surface area contributed by atoms with Crippen LogP contribution in [0, 0.1) is 6.92 Å². The first-order chi connectivity index (χ1) is 12.1. The number of nitrogens with one attached hydrogen (secondary N) is 1. The van der Waals surface area contributed by atoms with Gasteiger partial charge in [-0.05, 0) is 25.5 Å². The number of para-hydroxylation sites is 1. The zero-order chi connectivity index (χ0) is 18.1. The van der Waals surface area contributed by atoms with Crippen LogP contribution in [-0.4, -0.2) is 49.6 Å². The third kappa shape index (κ3) is 6.05. The van der Waals surface area contributed by atoms with Gasteiger partial charge in [-0.2, -0.15) is 0 Å². The number of hydrogen-bond donors (Lipinski definition) is 1. The molecule has 2 aromatic rings. The first kappa shape index (κ1) is 19.2. The lowest BCUT2D eigenvalue weighted by Gasteiger charge is -2.22. The van der Waals surface area contributed by atoms with Crippen molar-refractivity contribution in [3.63, 3.8) is 0 Å². The number of ether oxygens (including phenoxy) is 1. The molecule has 6 heteroatoms. The average Bonchev–Trinajstić information content (AvgIpc) is 2.99. The Hall–Kier alpha value is -2.08. The number of rotatable bonds is 8. The quantitative estimate of drug-likeness (QED) is 0.580. The molecule has 1 aromatic carbocycles. The molecule has 0 fully saturated rings. The second-order valence-electron chi connectivity index (χ2n) is 5.77. The Labute approximate surface area is 154 Å². The van der Waals surface area contributed by atoms with Gasteiger partial charge in [0.2, 0.25) is 0 Å². The van der Waals surface area contributed by atoms with Crippen molar-refractivity contribution >= 4 is 17.3 Å². The number of guanidine groups is 1. The number of nitrogens with zero attached hydrogens (tertiary/aromatic N) is 3. The largest absolute Gasteiger partial charge is 0.492 e. The van der Waals surface area contributed by atoms with Gasteiger partial charge in [0.1, 0.15) is 12.4 Å². The molecule has 0 radical (unpaired) electrons. The van der Waals surface area contributed by atoms with Crippen molar-refractivity contribution in [1.82, 2.24) is 15.2 Å². The number of likely N-dealkylation sites (N-methyl/N-ethyl adjacent to an activating group) is 1. The van der Waals surface area contributed by atoms with E-state index in [1.807, 2.05) is 37.4 Å². The predicted molar refractivity (Wildman–Crippen MR) is 106 cm³/mol. The van der Waals surface area contributed by atoms with Gasteiger partial charge in [0.05, 0.1) is 17.2 Å². The molecule has 2 rings (SSSR count). The van der Waals surface area contributed by atoms with Crippen LogP contribution in [0.5, 0.6) is 5.75 Å². The summed E-state index contributed by atoms with van der Waals surface area (Å²) in [5, 5.41) is 4.59. The lowest BCUT2D eigenvalue weighted by Crippen LogP contribution is -2.41. The first-order valence-corrected chi connectivity index (χ1v) is 9.50. The fourth-order valence-corrected chi connectivity index (χ4v) is 3.53. The van der Waals surface area contributed by atoms with Crippen LogP contribution < -0.4 is 10.1 Å². The monoisotopic (exact) mass is 360 g/mol. The van der Waals surface area contributed by atoms with Crippen molar-refractivity contribution in [2.75, 3.05) is 33.8 Å². The number of aryl methyl sites for hydroxylation is 2. The van der Waals surface area contributed by atoms with Crippen LogP contribution >= 0.6 is 11.3 Å². The molecule has 0 aliphatic carbocycles. The van der Waals surface area contributed by atoms with Crippen molar-refractivity contribution < 1.29 is 4.74 Å². The van der Waals surface area contributed by atoms with Crippen LogP contribution in [0.3, 0.4) is 0 Å². The molecular weight excluding hydrogens is 332 g/mol. The zero-order valence-corrected chi connectivity index (χ0v) is 16.4. The molecule has 1 heterocycles. The third-order valence-electron chi connectivity index (χ3n) is 3.91. The van der Waals surface area contributed by atoms with Crippen molar-refractivity contribution in [3.8, 4) is 5.75 Å². The average molecular weight is 361 g/mol. The van der Waals surface area contributed by atoms with Gasteiger partial charge >= 0.3 is 0 Å². The Balaban J connectivity index is 1.73. The number of benzene rings is 1. The second kappa shape index (κ2) is 10.0. The molecule has 5 nitrogen and oxygen atoms in total. The molecule has 1 N–H and O–H groups in total. The molecule has 0 bridgehead atoms. The van der Waals surface area contributed by atoms with E-state index in [-0.39, 0.29) is 0 Å². The molecule has 0 unspecified atom stereocenters. The lowest BCUT2D eigenvalue weighted by atomic mass is 10.3. The minimum atomic E-state index is 0.618. The Kier molecular flexibility index (Phi) is 7.73. The summed E-state index contributed by atoms with van der Waals surface area (Å²) in [7, 11) is 3.83. The highest BCUT2D eigenvalue weighted by molar-refractivity contribution is 7.11. The van der Waals surface area contributed by atoms with E-state index in [4.69, 9.17) is 4.74 Å². The minimum Gasteiger partial charge on any atom is -0.492 e. The van der Waals surface area contributed by atoms with Crippen molar-refractivity contribution in [2.24, 2.45) is 4.99 Å². The fraction of sp³-hybridized carbons (Fsp3) is 0.474. The molecule has 0 aliphatic heterocycles. The number of aliphatic imine (C=N–C) groups is 1. The zero-order valence-electron chi connectivity index (χ0n) is 15.6. The second-order valence-corrected chi connectivity index (χ2v) is 7.06. The van der Waals surface area contributed by atoms with E-state index in [2.05, 4.69) is 34.0 Å². The van der Waals surface area contributed by atoms with Crippen LogP contribution in [0.4, 0.5) is 0 Å². The number of hydrogen-bond acceptors (Lipinski definition) is 4. The highest BCUT2D eigenvalue weighted by atomic mass is 32.1. The molecule has 0 atom stereocenters. The fourth-order valence-electron chi connectivity index (χ4n) is 2.51. The van der Waals surface area contributed by atoms with Gasteiger partial charge in [0, 0.05) is 31.9 Å². The summed E-state index contributed by atoms with van der Waals surface area (Å²) in [5.74, 6) is 1.77. The van der Waals surface area contributed by atoms with Gasteiger partial charge < -0.3 is 15.0 Å². The van der Waals surface area contributed by atoms with Gasteiger partial charge in [-0.1, -0.05) is 25.1 Å². The van der Waals surface area contributed by atoms with Gasteiger partial charge in [0.15, 0.2) is 5.96 Å². The summed E-state index contributed by atoms with van der Waals surface area (Å²) in [4.78, 5) is 12.4. The van der Waals surface area contributed by atoms with E-state index in [0.29, 0.717) is 6.61 Å². The molecule has 0 amide bonds. The molecule has 25 heavy (non-hydrogen) atoms. The highest BCUT2D eigenvalue weighted by Crippen LogP contribution is 2.18. The maximum atomic E-state index is 5.74. The summed E-state index contributed by atoms with van der Waals surface area (Å²) in [5.41, 5.74) is 1.22. The number of aromatic nitrogens is 1. The van der Waals surface area contributed by atoms with E-state index >= 15 is 0 Å². The van der Waals surface area contributed by atoms with E-state index in [9.17, 15) is 0 Å². The van der Waals surface area contributed by atoms with E-state index in [0.717, 1.165) is 37.6 Å². The van der Waals surface area contributed by atoms with Crippen molar-refractivity contribution in [1.29, 1.82) is 0 Å². The third-order valence-corrected chi connectivity index (χ3v) is 4.98. The first-order valence-electron chi connectivity index (χ1n) is 8.68. The summed E-state index contributed by atoms with van der Waals surface area (Å²) >= 11 is 1.79. The summed E-state index contributed by atoms with van der Waals surface area (Å²) in [6.07, 6.45) is 1.92. The molecule has 0 aliphatic rings. The summed E-state index contributed by atoms with van der Waals surface area (Å²) in [6.45, 7) is 6.51. The van der Waals surface area contributed by atoms with Crippen LogP contribution in [0.25, 0.3) is 0 Å². The summed E-state index contributed by atoms with van der Waals surface area (Å²) < 4.78 is 5.74. The summed E-state index contributed by atoms with van der Waals surface area (Å²) in [6, 6.07) is 9.87. The van der Waals surface area contributed by atoms with Crippen LogP contribution in [0.15, 0.2) is 35.3 Å². The Morgan fingerprint density at radius 3 is 2.72 bits per heavy atom. The molecular formula is C19H28N4OS. The van der Waals surface area contributed by atoms with Crippen LogP contribution in [-0.2, 0) is 12.8 Å². The van der Waals surface area contributed by atoms with Gasteiger partial charge in [-0.25, -0.2) is 4.98 Å². The minimum absolute atomic E-state index is 0.618. The normalized spacial score (nSPS) is 11.4. The van der Waals surface area contributed by atoms with E-state index in [1.54, 1.807) is 18.4 Å². The molecule has 0 spiro atoms. The highest BCUT2D eigenvalue weighted by Gasteiger charge is 2.08. The lowest BCUT2D eigenvalue weighted by molar-refractivity contribution is 0.281. The number of thiazole rings is 1. The van der Waals surface area contributed by atoms with Crippen molar-refractivity contribution in [2.45, 2.75) is 26.7 Å². The topological polar surface area (TPSA) is 49.8 Å². The molecule has 0 saturated heterocycles. The van der Waals surface area contributed by atoms with Gasteiger partial charge in [-0.15, -0.1) is 11.3 Å². The van der Waals surface area contributed by atoms with Crippen molar-refractivity contribution in [3.05, 3.63) is 45.9 Å².